The second kappa shape index (κ2) is 5.17. The quantitative estimate of drug-likeness (QED) is 0.626. The zero-order valence-corrected chi connectivity index (χ0v) is 11.1. The Bertz CT molecular complexity index is 646. The van der Waals surface area contributed by atoms with E-state index in [4.69, 9.17) is 4.74 Å². The van der Waals surface area contributed by atoms with E-state index in [2.05, 4.69) is 10.3 Å². The van der Waals surface area contributed by atoms with E-state index in [9.17, 15) is 9.70 Å². The van der Waals surface area contributed by atoms with Gasteiger partial charge in [-0.1, -0.05) is 6.92 Å². The van der Waals surface area contributed by atoms with Crippen LogP contribution in [0.1, 0.15) is 35.1 Å². The Labute approximate surface area is 110 Å². The smallest absolute Gasteiger partial charge is 0.337 e. The van der Waals surface area contributed by atoms with Gasteiger partial charge in [-0.15, -0.1) is 4.91 Å². The summed E-state index contributed by atoms with van der Waals surface area (Å²) in [6, 6.07) is 3.29. The SMILES string of the molecule is CCCc1nc2c(C)cc(C(=O)OC)cc2n1N=O. The first-order valence-electron chi connectivity index (χ1n) is 6.06. The first-order chi connectivity index (χ1) is 9.12. The van der Waals surface area contributed by atoms with Gasteiger partial charge in [0.05, 0.1) is 29.0 Å². The van der Waals surface area contributed by atoms with Gasteiger partial charge >= 0.3 is 5.97 Å². The van der Waals surface area contributed by atoms with Crippen molar-refractivity contribution in [3.8, 4) is 0 Å². The number of esters is 1. The molecule has 0 N–H and O–H groups in total. The minimum Gasteiger partial charge on any atom is -0.465 e. The summed E-state index contributed by atoms with van der Waals surface area (Å²) in [4.78, 5) is 27.0. The molecule has 0 aliphatic heterocycles. The molecule has 0 fully saturated rings. The van der Waals surface area contributed by atoms with Crippen LogP contribution in [0.2, 0.25) is 0 Å². The van der Waals surface area contributed by atoms with Gasteiger partial charge in [-0.25, -0.2) is 9.78 Å². The number of methoxy groups -OCH3 is 1. The number of nitrogens with zero attached hydrogens (tertiary/aromatic N) is 3. The molecule has 0 spiro atoms. The van der Waals surface area contributed by atoms with E-state index >= 15 is 0 Å². The fourth-order valence-corrected chi connectivity index (χ4v) is 2.10. The molecule has 0 amide bonds. The fourth-order valence-electron chi connectivity index (χ4n) is 2.10. The van der Waals surface area contributed by atoms with Gasteiger partial charge in [0.25, 0.3) is 0 Å². The van der Waals surface area contributed by atoms with Gasteiger partial charge in [0.2, 0.25) is 0 Å². The molecule has 0 radical (unpaired) electrons. The summed E-state index contributed by atoms with van der Waals surface area (Å²) in [5, 5.41) is 3.00. The first kappa shape index (κ1) is 13.2. The molecule has 0 atom stereocenters. The van der Waals surface area contributed by atoms with Gasteiger partial charge < -0.3 is 4.74 Å². The maximum absolute atomic E-state index is 11.6. The fraction of sp³-hybridized carbons (Fsp3) is 0.385. The highest BCUT2D eigenvalue weighted by Gasteiger charge is 2.16. The molecule has 0 aliphatic carbocycles. The van der Waals surface area contributed by atoms with Gasteiger partial charge in [-0.2, -0.15) is 4.68 Å². The Morgan fingerprint density at radius 3 is 2.79 bits per heavy atom. The molecule has 2 rings (SSSR count). The molecule has 0 saturated heterocycles. The lowest BCUT2D eigenvalue weighted by molar-refractivity contribution is 0.0601. The third kappa shape index (κ3) is 2.21. The number of imidazole rings is 1. The monoisotopic (exact) mass is 261 g/mol. The van der Waals surface area contributed by atoms with E-state index in [1.54, 1.807) is 12.1 Å². The number of carbonyl (C=O) groups is 1. The number of carbonyl (C=O) groups excluding carboxylic acids is 1. The molecule has 1 aromatic heterocycles. The van der Waals surface area contributed by atoms with Crippen molar-refractivity contribution >= 4 is 17.0 Å². The zero-order chi connectivity index (χ0) is 14.0. The molecule has 0 unspecified atom stereocenters. The molecule has 6 nitrogen and oxygen atoms in total. The topological polar surface area (TPSA) is 73.5 Å². The van der Waals surface area contributed by atoms with E-state index in [1.165, 1.54) is 11.8 Å². The van der Waals surface area contributed by atoms with Gasteiger partial charge in [0.15, 0.2) is 0 Å². The number of rotatable bonds is 4. The predicted molar refractivity (Wildman–Crippen MR) is 71.0 cm³/mol. The van der Waals surface area contributed by atoms with Crippen LogP contribution in [0.5, 0.6) is 0 Å². The highest BCUT2D eigenvalue weighted by Crippen LogP contribution is 2.23. The maximum atomic E-state index is 11.6. The second-order valence-corrected chi connectivity index (χ2v) is 4.32. The minimum atomic E-state index is -0.444. The summed E-state index contributed by atoms with van der Waals surface area (Å²) in [5.41, 5.74) is 2.44. The maximum Gasteiger partial charge on any atom is 0.337 e. The molecule has 0 bridgehead atoms. The van der Waals surface area contributed by atoms with E-state index in [0.29, 0.717) is 28.8 Å². The highest BCUT2D eigenvalue weighted by molar-refractivity contribution is 5.95. The van der Waals surface area contributed by atoms with Gasteiger partial charge in [0, 0.05) is 6.42 Å². The van der Waals surface area contributed by atoms with Crippen LogP contribution < -0.4 is 0 Å². The van der Waals surface area contributed by atoms with Crippen molar-refractivity contribution < 1.29 is 9.53 Å². The average Bonchev–Trinajstić information content (AvgIpc) is 2.76. The van der Waals surface area contributed by atoms with Crippen LogP contribution in [0.25, 0.3) is 11.0 Å². The molecule has 6 heteroatoms. The average molecular weight is 261 g/mol. The molecule has 0 aliphatic rings. The van der Waals surface area contributed by atoms with Crippen LogP contribution >= 0.6 is 0 Å². The summed E-state index contributed by atoms with van der Waals surface area (Å²) in [5.74, 6) is 0.165. The minimum absolute atomic E-state index is 0.389. The molecule has 19 heavy (non-hydrogen) atoms. The van der Waals surface area contributed by atoms with Crippen molar-refractivity contribution in [1.29, 1.82) is 0 Å². The molecule has 2 aromatic rings. The van der Waals surface area contributed by atoms with Crippen LogP contribution in [0.4, 0.5) is 0 Å². The number of nitroso groups, excluding NO2 is 1. The Morgan fingerprint density at radius 2 is 2.21 bits per heavy atom. The van der Waals surface area contributed by atoms with Gasteiger partial charge in [-0.05, 0) is 31.0 Å². The molecular weight excluding hydrogens is 246 g/mol. The Balaban J connectivity index is 2.71. The lowest BCUT2D eigenvalue weighted by Gasteiger charge is -2.02. The Kier molecular flexibility index (Phi) is 3.59. The molecular formula is C13H15N3O3. The summed E-state index contributed by atoms with van der Waals surface area (Å²) >= 11 is 0. The zero-order valence-electron chi connectivity index (χ0n) is 11.1. The van der Waals surface area contributed by atoms with E-state index in [-0.39, 0.29) is 0 Å². The first-order valence-corrected chi connectivity index (χ1v) is 6.06. The van der Waals surface area contributed by atoms with E-state index in [0.717, 1.165) is 12.0 Å². The molecule has 0 saturated carbocycles. The molecule has 1 heterocycles. The lowest BCUT2D eigenvalue weighted by Crippen LogP contribution is -2.02. The van der Waals surface area contributed by atoms with Crippen LogP contribution in [0, 0.1) is 11.8 Å². The number of benzene rings is 1. The molecule has 1 aromatic carbocycles. The third-order valence-electron chi connectivity index (χ3n) is 2.97. The molecule has 100 valence electrons. The summed E-state index contributed by atoms with van der Waals surface area (Å²) in [6.45, 7) is 3.84. The number of hydrogen-bond acceptors (Lipinski definition) is 5. The van der Waals surface area contributed by atoms with Crippen LogP contribution in [0.3, 0.4) is 0 Å². The summed E-state index contributed by atoms with van der Waals surface area (Å²) in [6.07, 6.45) is 1.52. The van der Waals surface area contributed by atoms with Crippen molar-refractivity contribution in [2.24, 2.45) is 5.29 Å². The number of aryl methyl sites for hydroxylation is 2. The number of aromatic nitrogens is 2. The number of hydrogen-bond donors (Lipinski definition) is 0. The standard InChI is InChI=1S/C13H15N3O3/c1-4-5-11-14-12-8(2)6-9(13(17)19-3)7-10(12)16(11)15-18/h6-7H,4-5H2,1-3H3. The van der Waals surface area contributed by atoms with Crippen molar-refractivity contribution in [2.45, 2.75) is 26.7 Å². The predicted octanol–water partition coefficient (Wildman–Crippen LogP) is 2.61. The normalized spacial score (nSPS) is 10.7. The van der Waals surface area contributed by atoms with Gasteiger partial charge in [0.1, 0.15) is 5.82 Å². The second-order valence-electron chi connectivity index (χ2n) is 4.32. The van der Waals surface area contributed by atoms with Crippen molar-refractivity contribution in [3.63, 3.8) is 0 Å². The van der Waals surface area contributed by atoms with Crippen LogP contribution in [-0.2, 0) is 11.2 Å². The highest BCUT2D eigenvalue weighted by atomic mass is 16.5. The Morgan fingerprint density at radius 1 is 1.47 bits per heavy atom. The van der Waals surface area contributed by atoms with E-state index < -0.39 is 5.97 Å². The third-order valence-corrected chi connectivity index (χ3v) is 2.97. The number of ether oxygens (including phenoxy) is 1. The van der Waals surface area contributed by atoms with Crippen LogP contribution in [0.15, 0.2) is 17.4 Å². The summed E-state index contributed by atoms with van der Waals surface area (Å²) in [7, 11) is 1.32. The van der Waals surface area contributed by atoms with Crippen molar-refractivity contribution in [1.82, 2.24) is 9.66 Å². The number of fused-ring (bicyclic) bond motifs is 1. The lowest BCUT2D eigenvalue weighted by atomic mass is 10.1. The van der Waals surface area contributed by atoms with Crippen molar-refractivity contribution in [2.75, 3.05) is 7.11 Å². The summed E-state index contributed by atoms with van der Waals surface area (Å²) < 4.78 is 5.94. The largest absolute Gasteiger partial charge is 0.465 e. The van der Waals surface area contributed by atoms with Gasteiger partial charge in [-0.3, -0.25) is 0 Å². The Hall–Kier alpha value is -2.24. The van der Waals surface area contributed by atoms with Crippen LogP contribution in [-0.4, -0.2) is 22.7 Å². The van der Waals surface area contributed by atoms with E-state index in [1.807, 2.05) is 13.8 Å². The van der Waals surface area contributed by atoms with Crippen molar-refractivity contribution in [3.05, 3.63) is 34.0 Å².